The summed E-state index contributed by atoms with van der Waals surface area (Å²) >= 11 is 12.4. The molecule has 2 heterocycles. The lowest BCUT2D eigenvalue weighted by molar-refractivity contribution is 0.789. The molecule has 0 radical (unpaired) electrons. The normalized spacial score (nSPS) is 11.4. The number of aromatic nitrogens is 4. The summed E-state index contributed by atoms with van der Waals surface area (Å²) in [5.41, 5.74) is 1.94. The second-order valence-corrected chi connectivity index (χ2v) is 7.00. The molecular weight excluding hydrogens is 387 g/mol. The minimum absolute atomic E-state index is 0.0874. The number of halogens is 2. The van der Waals surface area contributed by atoms with Crippen molar-refractivity contribution in [2.24, 2.45) is 0 Å². The molecule has 0 fully saturated rings. The first-order chi connectivity index (χ1) is 13.0. The number of hydrogen-bond donors (Lipinski definition) is 1. The average molecular weight is 401 g/mol. The molecular formula is C19H14Cl2N4O2. The molecule has 0 unspecified atom stereocenters. The SMILES string of the molecule is CCc1cc2c(cc1Cl)nc1c(=O)[nH]c(=O)nc-1n2Cc1cccc(Cl)c1. The number of hydrogen-bond acceptors (Lipinski definition) is 4. The van der Waals surface area contributed by atoms with Crippen molar-refractivity contribution in [1.82, 2.24) is 19.5 Å². The molecule has 0 bridgehead atoms. The fraction of sp³-hybridized carbons (Fsp3) is 0.158. The number of aryl methyl sites for hydroxylation is 1. The molecule has 136 valence electrons. The second kappa shape index (κ2) is 6.79. The van der Waals surface area contributed by atoms with Crippen molar-refractivity contribution in [3.63, 3.8) is 0 Å². The Morgan fingerprint density at radius 3 is 2.67 bits per heavy atom. The number of rotatable bonds is 3. The Morgan fingerprint density at radius 2 is 1.93 bits per heavy atom. The van der Waals surface area contributed by atoms with Crippen LogP contribution >= 0.6 is 23.2 Å². The molecule has 4 rings (SSSR count). The molecule has 0 atom stereocenters. The maximum Gasteiger partial charge on any atom is 0.349 e. The van der Waals surface area contributed by atoms with Crippen LogP contribution in [0.25, 0.3) is 22.6 Å². The van der Waals surface area contributed by atoms with E-state index in [2.05, 4.69) is 15.0 Å². The molecule has 0 saturated carbocycles. The zero-order valence-corrected chi connectivity index (χ0v) is 15.8. The van der Waals surface area contributed by atoms with Crippen molar-refractivity contribution in [3.05, 3.63) is 78.4 Å². The molecule has 0 aromatic heterocycles. The molecule has 2 aromatic carbocycles. The highest BCUT2D eigenvalue weighted by atomic mass is 35.5. The summed E-state index contributed by atoms with van der Waals surface area (Å²) in [5, 5.41) is 1.18. The molecule has 0 amide bonds. The number of fused-ring (bicyclic) bond motifs is 2. The third-order valence-corrected chi connectivity index (χ3v) is 4.97. The predicted octanol–water partition coefficient (Wildman–Crippen LogP) is 3.50. The maximum absolute atomic E-state index is 12.3. The van der Waals surface area contributed by atoms with E-state index >= 15 is 0 Å². The van der Waals surface area contributed by atoms with Gasteiger partial charge in [-0.1, -0.05) is 42.3 Å². The number of benzene rings is 2. The van der Waals surface area contributed by atoms with Gasteiger partial charge < -0.3 is 4.57 Å². The Hall–Kier alpha value is -2.70. The van der Waals surface area contributed by atoms with Gasteiger partial charge in [-0.2, -0.15) is 4.98 Å². The van der Waals surface area contributed by atoms with Crippen molar-refractivity contribution in [1.29, 1.82) is 0 Å². The number of H-pyrrole nitrogens is 1. The van der Waals surface area contributed by atoms with Gasteiger partial charge in [-0.05, 0) is 41.8 Å². The number of nitrogens with one attached hydrogen (secondary N) is 1. The number of nitrogens with zero attached hydrogens (tertiary/aromatic N) is 3. The lowest BCUT2D eigenvalue weighted by Crippen LogP contribution is -2.29. The first-order valence-corrected chi connectivity index (χ1v) is 9.09. The van der Waals surface area contributed by atoms with Crippen molar-refractivity contribution in [2.45, 2.75) is 19.9 Å². The van der Waals surface area contributed by atoms with E-state index in [0.29, 0.717) is 22.1 Å². The molecule has 8 heteroatoms. The minimum Gasteiger partial charge on any atom is -0.318 e. The summed E-state index contributed by atoms with van der Waals surface area (Å²) in [7, 11) is 0. The fourth-order valence-electron chi connectivity index (χ4n) is 3.11. The smallest absolute Gasteiger partial charge is 0.318 e. The summed E-state index contributed by atoms with van der Waals surface area (Å²) in [6, 6.07) is 11.0. The molecule has 2 aliphatic rings. The predicted molar refractivity (Wildman–Crippen MR) is 106 cm³/mol. The van der Waals surface area contributed by atoms with Crippen LogP contribution in [0.15, 0.2) is 46.0 Å². The summed E-state index contributed by atoms with van der Waals surface area (Å²) in [5.74, 6) is 0.223. The molecule has 0 saturated heterocycles. The van der Waals surface area contributed by atoms with Crippen LogP contribution in [0, 0.1) is 0 Å². The Bertz CT molecular complexity index is 1260. The first-order valence-electron chi connectivity index (χ1n) is 8.33. The summed E-state index contributed by atoms with van der Waals surface area (Å²) < 4.78 is 1.80. The van der Waals surface area contributed by atoms with Crippen LogP contribution in [0.2, 0.25) is 10.0 Å². The van der Waals surface area contributed by atoms with Gasteiger partial charge >= 0.3 is 5.69 Å². The monoisotopic (exact) mass is 400 g/mol. The van der Waals surface area contributed by atoms with E-state index in [1.807, 2.05) is 31.2 Å². The highest BCUT2D eigenvalue weighted by Crippen LogP contribution is 2.28. The van der Waals surface area contributed by atoms with E-state index in [-0.39, 0.29) is 11.5 Å². The van der Waals surface area contributed by atoms with Crippen LogP contribution in [-0.2, 0) is 13.0 Å². The highest BCUT2D eigenvalue weighted by molar-refractivity contribution is 6.32. The Labute approximate surface area is 163 Å². The maximum atomic E-state index is 12.3. The second-order valence-electron chi connectivity index (χ2n) is 6.16. The topological polar surface area (TPSA) is 80.6 Å². The molecule has 0 aliphatic carbocycles. The number of aromatic amines is 1. The van der Waals surface area contributed by atoms with Crippen molar-refractivity contribution in [3.8, 4) is 11.5 Å². The van der Waals surface area contributed by atoms with Gasteiger partial charge in [0, 0.05) is 16.6 Å². The van der Waals surface area contributed by atoms with Crippen LogP contribution in [-0.4, -0.2) is 19.5 Å². The van der Waals surface area contributed by atoms with Crippen LogP contribution in [0.3, 0.4) is 0 Å². The van der Waals surface area contributed by atoms with E-state index in [0.717, 1.165) is 23.1 Å². The van der Waals surface area contributed by atoms with Gasteiger partial charge in [-0.3, -0.25) is 9.78 Å². The molecule has 1 N–H and O–H groups in total. The molecule has 2 aliphatic heterocycles. The van der Waals surface area contributed by atoms with E-state index in [1.165, 1.54) is 0 Å². The van der Waals surface area contributed by atoms with E-state index in [1.54, 1.807) is 16.7 Å². The van der Waals surface area contributed by atoms with Gasteiger partial charge in [0.15, 0.2) is 11.5 Å². The van der Waals surface area contributed by atoms with Crippen molar-refractivity contribution < 1.29 is 0 Å². The van der Waals surface area contributed by atoms with Crippen LogP contribution in [0.5, 0.6) is 0 Å². The quantitative estimate of drug-likeness (QED) is 0.533. The lowest BCUT2D eigenvalue weighted by Gasteiger charge is -2.18. The van der Waals surface area contributed by atoms with Crippen LogP contribution < -0.4 is 11.2 Å². The van der Waals surface area contributed by atoms with Gasteiger partial charge in [-0.15, -0.1) is 0 Å². The van der Waals surface area contributed by atoms with E-state index < -0.39 is 11.2 Å². The molecule has 0 spiro atoms. The minimum atomic E-state index is -0.710. The van der Waals surface area contributed by atoms with Gasteiger partial charge in [0.1, 0.15) is 0 Å². The van der Waals surface area contributed by atoms with Crippen LogP contribution in [0.1, 0.15) is 18.1 Å². The Kier molecular flexibility index (Phi) is 4.45. The van der Waals surface area contributed by atoms with E-state index in [4.69, 9.17) is 23.2 Å². The standard InChI is InChI=1S/C19H14Cl2N4O2/c1-2-11-7-15-14(8-13(11)21)22-16-17(23-19(27)24-18(16)26)25(15)9-10-4-3-5-12(20)6-10/h3-8H,2,9H2,1H3,(H,24,26,27). The lowest BCUT2D eigenvalue weighted by atomic mass is 10.1. The summed E-state index contributed by atoms with van der Waals surface area (Å²) in [4.78, 5) is 34.7. The van der Waals surface area contributed by atoms with Gasteiger partial charge in [0.05, 0.1) is 11.0 Å². The largest absolute Gasteiger partial charge is 0.349 e. The van der Waals surface area contributed by atoms with Crippen molar-refractivity contribution >= 4 is 34.2 Å². The molecule has 6 nitrogen and oxygen atoms in total. The Morgan fingerprint density at radius 1 is 1.11 bits per heavy atom. The average Bonchev–Trinajstić information content (AvgIpc) is 2.62. The molecule has 2 aromatic rings. The van der Waals surface area contributed by atoms with Crippen LogP contribution in [0.4, 0.5) is 0 Å². The highest BCUT2D eigenvalue weighted by Gasteiger charge is 2.20. The zero-order chi connectivity index (χ0) is 19.1. The third-order valence-electron chi connectivity index (χ3n) is 4.39. The zero-order valence-electron chi connectivity index (χ0n) is 14.3. The van der Waals surface area contributed by atoms with Gasteiger partial charge in [-0.25, -0.2) is 9.78 Å². The van der Waals surface area contributed by atoms with Gasteiger partial charge in [0.2, 0.25) is 0 Å². The molecule has 27 heavy (non-hydrogen) atoms. The summed E-state index contributed by atoms with van der Waals surface area (Å²) in [6.07, 6.45) is 0.736. The van der Waals surface area contributed by atoms with Gasteiger partial charge in [0.25, 0.3) is 5.56 Å². The van der Waals surface area contributed by atoms with E-state index in [9.17, 15) is 9.59 Å². The summed E-state index contributed by atoms with van der Waals surface area (Å²) in [6.45, 7) is 2.37. The first kappa shape index (κ1) is 17.7. The fourth-order valence-corrected chi connectivity index (χ4v) is 3.61. The van der Waals surface area contributed by atoms with Crippen molar-refractivity contribution in [2.75, 3.05) is 0 Å². The third kappa shape index (κ3) is 3.22. The Balaban J connectivity index is 2.10.